The van der Waals surface area contributed by atoms with E-state index in [2.05, 4.69) is 0 Å². The standard InChI is InChI=1S/C14H19NO2/c1-12(14(16)15-9-5-6-10-15)17-11-13-7-3-2-4-8-13/h2-4,7-8,12H,5-6,9-11H2,1H3/t12-/m0/s1. The van der Waals surface area contributed by atoms with Gasteiger partial charge in [-0.15, -0.1) is 0 Å². The van der Waals surface area contributed by atoms with Crippen LogP contribution in [0, 0.1) is 0 Å². The second kappa shape index (κ2) is 5.82. The maximum absolute atomic E-state index is 12.0. The largest absolute Gasteiger partial charge is 0.364 e. The zero-order chi connectivity index (χ0) is 12.1. The summed E-state index contributed by atoms with van der Waals surface area (Å²) in [6.07, 6.45) is 1.90. The smallest absolute Gasteiger partial charge is 0.251 e. The third-order valence-electron chi connectivity index (χ3n) is 3.11. The molecule has 1 saturated heterocycles. The van der Waals surface area contributed by atoms with Gasteiger partial charge in [-0.05, 0) is 25.3 Å². The van der Waals surface area contributed by atoms with Gasteiger partial charge in [0, 0.05) is 13.1 Å². The van der Waals surface area contributed by atoms with Crippen LogP contribution in [0.15, 0.2) is 30.3 Å². The quantitative estimate of drug-likeness (QED) is 0.798. The first-order valence-corrected chi connectivity index (χ1v) is 6.21. The first-order valence-electron chi connectivity index (χ1n) is 6.21. The summed E-state index contributed by atoms with van der Waals surface area (Å²) in [6, 6.07) is 9.94. The van der Waals surface area contributed by atoms with Gasteiger partial charge in [-0.25, -0.2) is 0 Å². The van der Waals surface area contributed by atoms with Crippen LogP contribution in [0.1, 0.15) is 25.3 Å². The summed E-state index contributed by atoms with van der Waals surface area (Å²) in [5.41, 5.74) is 1.11. The number of nitrogens with zero attached hydrogens (tertiary/aromatic N) is 1. The molecule has 0 radical (unpaired) electrons. The van der Waals surface area contributed by atoms with Crippen LogP contribution in [0.5, 0.6) is 0 Å². The fourth-order valence-electron chi connectivity index (χ4n) is 2.06. The van der Waals surface area contributed by atoms with E-state index >= 15 is 0 Å². The maximum Gasteiger partial charge on any atom is 0.251 e. The minimum Gasteiger partial charge on any atom is -0.364 e. The number of likely N-dealkylation sites (tertiary alicyclic amines) is 1. The molecule has 1 heterocycles. The molecular weight excluding hydrogens is 214 g/mol. The van der Waals surface area contributed by atoms with Crippen LogP contribution < -0.4 is 0 Å². The van der Waals surface area contributed by atoms with Crippen LogP contribution in [-0.2, 0) is 16.1 Å². The van der Waals surface area contributed by atoms with Crippen LogP contribution in [0.2, 0.25) is 0 Å². The van der Waals surface area contributed by atoms with Crippen molar-refractivity contribution in [3.8, 4) is 0 Å². The van der Waals surface area contributed by atoms with E-state index in [-0.39, 0.29) is 12.0 Å². The van der Waals surface area contributed by atoms with Crippen molar-refractivity contribution in [1.82, 2.24) is 4.90 Å². The van der Waals surface area contributed by atoms with E-state index in [1.807, 2.05) is 42.2 Å². The number of hydrogen-bond donors (Lipinski definition) is 0. The summed E-state index contributed by atoms with van der Waals surface area (Å²) in [5, 5.41) is 0. The molecule has 92 valence electrons. The monoisotopic (exact) mass is 233 g/mol. The molecule has 1 aliphatic heterocycles. The molecule has 0 aromatic heterocycles. The van der Waals surface area contributed by atoms with E-state index in [1.54, 1.807) is 0 Å². The fraction of sp³-hybridized carbons (Fsp3) is 0.500. The van der Waals surface area contributed by atoms with Gasteiger partial charge >= 0.3 is 0 Å². The average Bonchev–Trinajstić information content (AvgIpc) is 2.90. The molecule has 1 aliphatic rings. The van der Waals surface area contributed by atoms with E-state index in [1.165, 1.54) is 0 Å². The minimum absolute atomic E-state index is 0.124. The third-order valence-corrected chi connectivity index (χ3v) is 3.11. The Labute approximate surface area is 102 Å². The Morgan fingerprint density at radius 1 is 1.29 bits per heavy atom. The van der Waals surface area contributed by atoms with Crippen molar-refractivity contribution >= 4 is 5.91 Å². The van der Waals surface area contributed by atoms with E-state index in [0.717, 1.165) is 31.5 Å². The van der Waals surface area contributed by atoms with Gasteiger partial charge < -0.3 is 9.64 Å². The van der Waals surface area contributed by atoms with Crippen LogP contribution in [-0.4, -0.2) is 30.0 Å². The number of benzene rings is 1. The summed E-state index contributed by atoms with van der Waals surface area (Å²) in [6.45, 7) is 4.11. The lowest BCUT2D eigenvalue weighted by atomic mass is 10.2. The number of carbonyl (C=O) groups is 1. The predicted octanol–water partition coefficient (Wildman–Crippen LogP) is 2.21. The lowest BCUT2D eigenvalue weighted by Gasteiger charge is -2.20. The molecular formula is C14H19NO2. The maximum atomic E-state index is 12.0. The van der Waals surface area contributed by atoms with Gasteiger partial charge in [-0.2, -0.15) is 0 Å². The second-order valence-corrected chi connectivity index (χ2v) is 4.47. The minimum atomic E-state index is -0.340. The van der Waals surface area contributed by atoms with Gasteiger partial charge in [0.25, 0.3) is 5.91 Å². The Balaban J connectivity index is 1.80. The van der Waals surface area contributed by atoms with Crippen LogP contribution >= 0.6 is 0 Å². The van der Waals surface area contributed by atoms with Crippen molar-refractivity contribution in [2.45, 2.75) is 32.5 Å². The molecule has 1 fully saturated rings. The van der Waals surface area contributed by atoms with Crippen LogP contribution in [0.4, 0.5) is 0 Å². The zero-order valence-corrected chi connectivity index (χ0v) is 10.3. The molecule has 1 aromatic rings. The highest BCUT2D eigenvalue weighted by Gasteiger charge is 2.23. The molecule has 1 atom stereocenters. The van der Waals surface area contributed by atoms with Crippen molar-refractivity contribution in [2.75, 3.05) is 13.1 Å². The summed E-state index contributed by atoms with van der Waals surface area (Å²) in [7, 11) is 0. The average molecular weight is 233 g/mol. The van der Waals surface area contributed by atoms with E-state index < -0.39 is 0 Å². The van der Waals surface area contributed by atoms with Gasteiger partial charge in [0.15, 0.2) is 0 Å². The number of hydrogen-bond acceptors (Lipinski definition) is 2. The van der Waals surface area contributed by atoms with Crippen LogP contribution in [0.25, 0.3) is 0 Å². The molecule has 0 spiro atoms. The highest BCUT2D eigenvalue weighted by molar-refractivity contribution is 5.80. The van der Waals surface area contributed by atoms with Gasteiger partial charge in [-0.1, -0.05) is 30.3 Å². The molecule has 0 saturated carbocycles. The fourth-order valence-corrected chi connectivity index (χ4v) is 2.06. The Morgan fingerprint density at radius 2 is 1.94 bits per heavy atom. The molecule has 17 heavy (non-hydrogen) atoms. The molecule has 1 amide bonds. The van der Waals surface area contributed by atoms with E-state index in [0.29, 0.717) is 6.61 Å². The number of amides is 1. The molecule has 0 bridgehead atoms. The van der Waals surface area contributed by atoms with Gasteiger partial charge in [0.2, 0.25) is 0 Å². The first kappa shape index (κ1) is 12.1. The zero-order valence-electron chi connectivity index (χ0n) is 10.3. The third kappa shape index (κ3) is 3.30. The Hall–Kier alpha value is -1.35. The van der Waals surface area contributed by atoms with Crippen molar-refractivity contribution in [3.05, 3.63) is 35.9 Å². The van der Waals surface area contributed by atoms with E-state index in [9.17, 15) is 4.79 Å². The lowest BCUT2D eigenvalue weighted by Crippen LogP contribution is -2.36. The van der Waals surface area contributed by atoms with Crippen molar-refractivity contribution in [1.29, 1.82) is 0 Å². The van der Waals surface area contributed by atoms with E-state index in [4.69, 9.17) is 4.74 Å². The molecule has 3 heteroatoms. The second-order valence-electron chi connectivity index (χ2n) is 4.47. The SMILES string of the molecule is C[C@H](OCc1ccccc1)C(=O)N1CCCC1. The van der Waals surface area contributed by atoms with Gasteiger partial charge in [-0.3, -0.25) is 4.79 Å². The molecule has 0 aliphatic carbocycles. The highest BCUT2D eigenvalue weighted by atomic mass is 16.5. The number of carbonyl (C=O) groups excluding carboxylic acids is 1. The van der Waals surface area contributed by atoms with Gasteiger partial charge in [0.05, 0.1) is 6.61 Å². The summed E-state index contributed by atoms with van der Waals surface area (Å²) in [4.78, 5) is 13.9. The molecule has 2 rings (SSSR count). The topological polar surface area (TPSA) is 29.5 Å². The summed E-state index contributed by atoms with van der Waals surface area (Å²) in [5.74, 6) is 0.124. The highest BCUT2D eigenvalue weighted by Crippen LogP contribution is 2.11. The van der Waals surface area contributed by atoms with Crippen molar-refractivity contribution < 1.29 is 9.53 Å². The van der Waals surface area contributed by atoms with Gasteiger partial charge in [0.1, 0.15) is 6.10 Å². The predicted molar refractivity (Wildman–Crippen MR) is 66.5 cm³/mol. The lowest BCUT2D eigenvalue weighted by molar-refractivity contribution is -0.142. The summed E-state index contributed by atoms with van der Waals surface area (Å²) < 4.78 is 5.61. The molecule has 3 nitrogen and oxygen atoms in total. The van der Waals surface area contributed by atoms with Crippen molar-refractivity contribution in [2.24, 2.45) is 0 Å². The number of ether oxygens (including phenoxy) is 1. The molecule has 1 aromatic carbocycles. The number of rotatable bonds is 4. The Bertz CT molecular complexity index is 358. The normalized spacial score (nSPS) is 17.1. The molecule has 0 unspecified atom stereocenters. The Morgan fingerprint density at radius 3 is 2.59 bits per heavy atom. The Kier molecular flexibility index (Phi) is 4.15. The summed E-state index contributed by atoms with van der Waals surface area (Å²) >= 11 is 0. The van der Waals surface area contributed by atoms with Crippen LogP contribution in [0.3, 0.4) is 0 Å². The molecule has 0 N–H and O–H groups in total. The van der Waals surface area contributed by atoms with Crippen molar-refractivity contribution in [3.63, 3.8) is 0 Å². The first-order chi connectivity index (χ1) is 8.27.